The quantitative estimate of drug-likeness (QED) is 0.819. The van der Waals surface area contributed by atoms with Crippen LogP contribution in [0.15, 0.2) is 58.2 Å². The first-order valence-corrected chi connectivity index (χ1v) is 10.2. The number of halogens is 1. The normalized spacial score (nSPS) is 18.7. The third-order valence-corrected chi connectivity index (χ3v) is 6.52. The van der Waals surface area contributed by atoms with Crippen LogP contribution in [-0.4, -0.2) is 36.7 Å². The summed E-state index contributed by atoms with van der Waals surface area (Å²) in [5.74, 6) is -0.530. The van der Waals surface area contributed by atoms with E-state index >= 15 is 0 Å². The summed E-state index contributed by atoms with van der Waals surface area (Å²) in [7, 11) is -3.62. The Morgan fingerprint density at radius 2 is 2.00 bits per heavy atom. The topological polar surface area (TPSA) is 79.4 Å². The van der Waals surface area contributed by atoms with Gasteiger partial charge in [-0.3, -0.25) is 9.78 Å². The average Bonchev–Trinajstić information content (AvgIpc) is 2.64. The third kappa shape index (κ3) is 4.26. The number of anilines is 1. The number of sulfonamides is 1. The summed E-state index contributed by atoms with van der Waals surface area (Å²) in [6, 6.07) is 10.4. The first kappa shape index (κ1) is 18.0. The molecule has 1 fully saturated rings. The molecule has 0 aliphatic carbocycles. The van der Waals surface area contributed by atoms with Crippen molar-refractivity contribution in [2.45, 2.75) is 17.7 Å². The molecule has 0 unspecified atom stereocenters. The fourth-order valence-electron chi connectivity index (χ4n) is 2.80. The lowest BCUT2D eigenvalue weighted by atomic mass is 9.99. The van der Waals surface area contributed by atoms with Gasteiger partial charge in [-0.1, -0.05) is 15.9 Å². The predicted molar refractivity (Wildman–Crippen MR) is 98.5 cm³/mol. The molecule has 0 spiro atoms. The van der Waals surface area contributed by atoms with Crippen LogP contribution in [0, 0.1) is 5.92 Å². The van der Waals surface area contributed by atoms with E-state index in [0.717, 1.165) is 4.47 Å². The molecule has 2 aromatic rings. The van der Waals surface area contributed by atoms with Crippen LogP contribution in [0.1, 0.15) is 12.8 Å². The van der Waals surface area contributed by atoms with Crippen molar-refractivity contribution in [3.63, 3.8) is 0 Å². The first-order chi connectivity index (χ1) is 12.0. The molecule has 1 saturated heterocycles. The van der Waals surface area contributed by atoms with E-state index in [4.69, 9.17) is 0 Å². The zero-order valence-electron chi connectivity index (χ0n) is 13.4. The van der Waals surface area contributed by atoms with Gasteiger partial charge in [-0.05, 0) is 49.2 Å². The Bertz CT molecular complexity index is 841. The summed E-state index contributed by atoms with van der Waals surface area (Å²) in [5.41, 5.74) is 0.695. The van der Waals surface area contributed by atoms with Crippen molar-refractivity contribution in [2.75, 3.05) is 18.4 Å². The monoisotopic (exact) mass is 423 g/mol. The highest BCUT2D eigenvalue weighted by atomic mass is 79.9. The van der Waals surface area contributed by atoms with Gasteiger partial charge in [-0.15, -0.1) is 0 Å². The van der Waals surface area contributed by atoms with Crippen molar-refractivity contribution in [1.82, 2.24) is 9.29 Å². The molecule has 1 aliphatic heterocycles. The summed E-state index contributed by atoms with van der Waals surface area (Å²) in [6.45, 7) is 0.596. The maximum absolute atomic E-state index is 12.7. The minimum atomic E-state index is -3.62. The van der Waals surface area contributed by atoms with Crippen LogP contribution < -0.4 is 5.32 Å². The van der Waals surface area contributed by atoms with Gasteiger partial charge < -0.3 is 5.32 Å². The zero-order chi connectivity index (χ0) is 17.9. The van der Waals surface area contributed by atoms with E-state index in [1.54, 1.807) is 18.2 Å². The Hall–Kier alpha value is -1.77. The molecular formula is C17H18BrN3O3S. The van der Waals surface area contributed by atoms with Crippen LogP contribution in [0.25, 0.3) is 0 Å². The molecule has 1 atom stereocenters. The molecule has 25 heavy (non-hydrogen) atoms. The zero-order valence-corrected chi connectivity index (χ0v) is 15.8. The Balaban J connectivity index is 1.70. The molecule has 1 aromatic carbocycles. The molecular weight excluding hydrogens is 406 g/mol. The largest absolute Gasteiger partial charge is 0.326 e. The van der Waals surface area contributed by atoms with Gasteiger partial charge in [0.05, 0.1) is 5.92 Å². The number of nitrogens with zero attached hydrogens (tertiary/aromatic N) is 2. The Morgan fingerprint density at radius 1 is 1.24 bits per heavy atom. The molecule has 2 heterocycles. The van der Waals surface area contributed by atoms with E-state index in [9.17, 15) is 13.2 Å². The smallest absolute Gasteiger partial charge is 0.244 e. The van der Waals surface area contributed by atoms with Gasteiger partial charge in [-0.2, -0.15) is 4.31 Å². The molecule has 1 N–H and O–H groups in total. The maximum atomic E-state index is 12.7. The summed E-state index contributed by atoms with van der Waals surface area (Å²) in [5, 5.41) is 2.86. The van der Waals surface area contributed by atoms with Crippen LogP contribution in [0.4, 0.5) is 5.69 Å². The van der Waals surface area contributed by atoms with Crippen LogP contribution >= 0.6 is 15.9 Å². The summed E-state index contributed by atoms with van der Waals surface area (Å²) in [6.07, 6.45) is 4.18. The minimum Gasteiger partial charge on any atom is -0.326 e. The second-order valence-corrected chi connectivity index (χ2v) is 8.74. The van der Waals surface area contributed by atoms with E-state index in [1.165, 1.54) is 22.8 Å². The van der Waals surface area contributed by atoms with E-state index < -0.39 is 10.0 Å². The van der Waals surface area contributed by atoms with Gasteiger partial charge >= 0.3 is 0 Å². The van der Waals surface area contributed by atoms with Gasteiger partial charge in [-0.25, -0.2) is 8.42 Å². The number of pyridine rings is 1. The third-order valence-electron chi connectivity index (χ3n) is 4.14. The van der Waals surface area contributed by atoms with E-state index in [1.807, 2.05) is 12.1 Å². The van der Waals surface area contributed by atoms with E-state index in [0.29, 0.717) is 25.1 Å². The summed E-state index contributed by atoms with van der Waals surface area (Å²) >= 11 is 3.35. The SMILES string of the molecule is O=C(Nc1ccc(Br)cc1)[C@@H]1CCCN(S(=O)(=O)c2cccnc2)C1. The molecule has 0 bridgehead atoms. The van der Waals surface area contributed by atoms with E-state index in [-0.39, 0.29) is 23.3 Å². The molecule has 1 aromatic heterocycles. The number of carbonyl (C=O) groups is 1. The van der Waals surface area contributed by atoms with Gasteiger partial charge in [0.25, 0.3) is 0 Å². The number of carbonyl (C=O) groups excluding carboxylic acids is 1. The van der Waals surface area contributed by atoms with E-state index in [2.05, 4.69) is 26.2 Å². The van der Waals surface area contributed by atoms with Crippen molar-refractivity contribution in [3.8, 4) is 0 Å². The molecule has 6 nitrogen and oxygen atoms in total. The number of rotatable bonds is 4. The highest BCUT2D eigenvalue weighted by molar-refractivity contribution is 9.10. The van der Waals surface area contributed by atoms with Gasteiger partial charge in [0.2, 0.25) is 15.9 Å². The van der Waals surface area contributed by atoms with Crippen molar-refractivity contribution in [1.29, 1.82) is 0 Å². The number of aromatic nitrogens is 1. The highest BCUT2D eigenvalue weighted by Crippen LogP contribution is 2.24. The number of piperidine rings is 1. The summed E-state index contributed by atoms with van der Waals surface area (Å²) < 4.78 is 27.7. The maximum Gasteiger partial charge on any atom is 0.244 e. The standard InChI is InChI=1S/C17H18BrN3O3S/c18-14-5-7-15(8-6-14)20-17(22)13-3-2-10-21(12-13)25(23,24)16-4-1-9-19-11-16/h1,4-9,11,13H,2-3,10,12H2,(H,20,22)/t13-/m1/s1. The fourth-order valence-corrected chi connectivity index (χ4v) is 4.55. The lowest BCUT2D eigenvalue weighted by Gasteiger charge is -2.31. The molecule has 0 radical (unpaired) electrons. The molecule has 1 amide bonds. The van der Waals surface area contributed by atoms with Crippen LogP contribution in [0.2, 0.25) is 0 Å². The van der Waals surface area contributed by atoms with Gasteiger partial charge in [0.15, 0.2) is 0 Å². The number of amides is 1. The predicted octanol–water partition coefficient (Wildman–Crippen LogP) is 2.88. The minimum absolute atomic E-state index is 0.156. The average molecular weight is 424 g/mol. The van der Waals surface area contributed by atoms with Gasteiger partial charge in [0.1, 0.15) is 4.90 Å². The van der Waals surface area contributed by atoms with Crippen LogP contribution in [0.3, 0.4) is 0 Å². The van der Waals surface area contributed by atoms with Crippen LogP contribution in [0.5, 0.6) is 0 Å². The Kier molecular flexibility index (Phi) is 5.51. The first-order valence-electron chi connectivity index (χ1n) is 7.93. The Labute approximate surface area is 155 Å². The second kappa shape index (κ2) is 7.63. The number of hydrogen-bond donors (Lipinski definition) is 1. The fraction of sp³-hybridized carbons (Fsp3) is 0.294. The molecule has 0 saturated carbocycles. The molecule has 1 aliphatic rings. The van der Waals surface area contributed by atoms with Crippen molar-refractivity contribution < 1.29 is 13.2 Å². The second-order valence-electron chi connectivity index (χ2n) is 5.89. The molecule has 132 valence electrons. The van der Waals surface area contributed by atoms with Gasteiger partial charge in [0, 0.05) is 35.6 Å². The number of nitrogens with one attached hydrogen (secondary N) is 1. The van der Waals surface area contributed by atoms with Crippen molar-refractivity contribution in [2.24, 2.45) is 5.92 Å². The molecule has 8 heteroatoms. The number of hydrogen-bond acceptors (Lipinski definition) is 4. The number of benzene rings is 1. The summed E-state index contributed by atoms with van der Waals surface area (Å²) in [4.78, 5) is 16.5. The Morgan fingerprint density at radius 3 is 2.68 bits per heavy atom. The lowest BCUT2D eigenvalue weighted by Crippen LogP contribution is -2.43. The van der Waals surface area contributed by atoms with Crippen molar-refractivity contribution in [3.05, 3.63) is 53.3 Å². The van der Waals surface area contributed by atoms with Crippen molar-refractivity contribution >= 4 is 37.5 Å². The highest BCUT2D eigenvalue weighted by Gasteiger charge is 2.33. The molecule has 3 rings (SSSR count). The lowest BCUT2D eigenvalue weighted by molar-refractivity contribution is -0.120. The van der Waals surface area contributed by atoms with Crippen LogP contribution in [-0.2, 0) is 14.8 Å².